The summed E-state index contributed by atoms with van der Waals surface area (Å²) >= 11 is 0. The molecule has 0 bridgehead atoms. The Balaban J connectivity index is 2.85. The molecule has 1 rings (SSSR count). The minimum atomic E-state index is -0.942. The smallest absolute Gasteiger partial charge is 0.317 e. The van der Waals surface area contributed by atoms with E-state index < -0.39 is 23.9 Å². The maximum Gasteiger partial charge on any atom is 0.317 e. The highest BCUT2D eigenvalue weighted by molar-refractivity contribution is 5.70. The van der Waals surface area contributed by atoms with Gasteiger partial charge in [0.05, 0.1) is 26.2 Å². The second-order valence-corrected chi connectivity index (χ2v) is 8.09. The topological polar surface area (TPSA) is 162 Å². The van der Waals surface area contributed by atoms with Crippen LogP contribution in [-0.2, 0) is 19.2 Å². The van der Waals surface area contributed by atoms with Gasteiger partial charge in [0.1, 0.15) is 0 Å². The molecule has 0 aromatic carbocycles. The van der Waals surface area contributed by atoms with Crippen LogP contribution in [0.5, 0.6) is 0 Å². The molecule has 32 heavy (non-hydrogen) atoms. The molecule has 12 heteroatoms. The van der Waals surface area contributed by atoms with Crippen LogP contribution in [-0.4, -0.2) is 142 Å². The van der Waals surface area contributed by atoms with Gasteiger partial charge in [-0.2, -0.15) is 0 Å². The number of hydrogen-bond acceptors (Lipinski definition) is 8. The molecule has 184 valence electrons. The molecule has 1 heterocycles. The highest BCUT2D eigenvalue weighted by Crippen LogP contribution is 2.04. The highest BCUT2D eigenvalue weighted by atomic mass is 16.4. The van der Waals surface area contributed by atoms with Crippen molar-refractivity contribution in [2.45, 2.75) is 25.7 Å². The normalized spacial score (nSPS) is 20.0. The molecule has 12 nitrogen and oxygen atoms in total. The molecule has 1 fully saturated rings. The lowest BCUT2D eigenvalue weighted by Crippen LogP contribution is -2.40. The lowest BCUT2D eigenvalue weighted by atomic mass is 10.2. The Morgan fingerprint density at radius 1 is 0.406 bits per heavy atom. The molecule has 1 aliphatic rings. The van der Waals surface area contributed by atoms with Gasteiger partial charge in [-0.15, -0.1) is 0 Å². The Labute approximate surface area is 188 Å². The van der Waals surface area contributed by atoms with Gasteiger partial charge in [-0.3, -0.25) is 38.8 Å². The first-order valence-corrected chi connectivity index (χ1v) is 10.9. The molecular weight excluding hydrogens is 424 g/mol. The summed E-state index contributed by atoms with van der Waals surface area (Å²) in [5.74, 6) is -3.77. The highest BCUT2D eigenvalue weighted by Gasteiger charge is 2.17. The summed E-state index contributed by atoms with van der Waals surface area (Å²) in [5.41, 5.74) is 0. The maximum absolute atomic E-state index is 11.2. The van der Waals surface area contributed by atoms with Crippen molar-refractivity contribution in [1.29, 1.82) is 0 Å². The Bertz CT molecular complexity index is 498. The van der Waals surface area contributed by atoms with E-state index in [1.165, 1.54) is 0 Å². The molecule has 0 radical (unpaired) electrons. The van der Waals surface area contributed by atoms with E-state index in [0.29, 0.717) is 78.0 Å². The number of carbonyl (C=O) groups is 4. The molecule has 4 N–H and O–H groups in total. The Kier molecular flexibility index (Phi) is 13.5. The van der Waals surface area contributed by atoms with Crippen LogP contribution in [0.4, 0.5) is 0 Å². The predicted octanol–water partition coefficient (Wildman–Crippen LogP) is -0.893. The van der Waals surface area contributed by atoms with Crippen LogP contribution in [0.25, 0.3) is 0 Å². The average Bonchev–Trinajstić information content (AvgIpc) is 2.64. The number of hydrogen-bond donors (Lipinski definition) is 4. The van der Waals surface area contributed by atoms with E-state index in [-0.39, 0.29) is 26.2 Å². The quantitative estimate of drug-likeness (QED) is 0.354. The van der Waals surface area contributed by atoms with E-state index in [2.05, 4.69) is 0 Å². The summed E-state index contributed by atoms with van der Waals surface area (Å²) in [6, 6.07) is 0. The van der Waals surface area contributed by atoms with Gasteiger partial charge < -0.3 is 20.4 Å². The first-order chi connectivity index (χ1) is 15.2. The number of nitrogens with zero attached hydrogens (tertiary/aromatic N) is 4. The van der Waals surface area contributed by atoms with Crippen LogP contribution in [0.3, 0.4) is 0 Å². The van der Waals surface area contributed by atoms with Gasteiger partial charge >= 0.3 is 23.9 Å². The van der Waals surface area contributed by atoms with E-state index in [9.17, 15) is 19.2 Å². The summed E-state index contributed by atoms with van der Waals surface area (Å²) in [4.78, 5) is 51.9. The Hall–Kier alpha value is -2.28. The molecule has 0 aromatic heterocycles. The molecule has 0 saturated carbocycles. The van der Waals surface area contributed by atoms with E-state index in [1.807, 2.05) is 0 Å². The lowest BCUT2D eigenvalue weighted by molar-refractivity contribution is -0.139. The van der Waals surface area contributed by atoms with Gasteiger partial charge in [0.25, 0.3) is 0 Å². The number of carboxylic acids is 4. The van der Waals surface area contributed by atoms with Gasteiger partial charge in [-0.25, -0.2) is 0 Å². The van der Waals surface area contributed by atoms with E-state index in [0.717, 1.165) is 0 Å². The van der Waals surface area contributed by atoms with Gasteiger partial charge in [-0.05, 0) is 78.0 Å². The van der Waals surface area contributed by atoms with Gasteiger partial charge in [-0.1, -0.05) is 0 Å². The summed E-state index contributed by atoms with van der Waals surface area (Å²) in [6.07, 6.45) is 2.38. The monoisotopic (exact) mass is 460 g/mol. The number of rotatable bonds is 8. The largest absolute Gasteiger partial charge is 0.480 e. The minimum absolute atomic E-state index is 0.123. The van der Waals surface area contributed by atoms with Crippen LogP contribution < -0.4 is 0 Å². The zero-order chi connectivity index (χ0) is 23.9. The zero-order valence-corrected chi connectivity index (χ0v) is 18.5. The molecule has 0 amide bonds. The van der Waals surface area contributed by atoms with E-state index in [4.69, 9.17) is 20.4 Å². The van der Waals surface area contributed by atoms with Crippen LogP contribution in [0.2, 0.25) is 0 Å². The fourth-order valence-electron chi connectivity index (χ4n) is 3.92. The third-order valence-corrected chi connectivity index (χ3v) is 5.23. The number of carboxylic acid groups (broad SMARTS) is 4. The van der Waals surface area contributed by atoms with Crippen molar-refractivity contribution in [3.63, 3.8) is 0 Å². The maximum atomic E-state index is 11.2. The van der Waals surface area contributed by atoms with Crippen LogP contribution in [0.15, 0.2) is 0 Å². The van der Waals surface area contributed by atoms with Crippen molar-refractivity contribution >= 4 is 23.9 Å². The average molecular weight is 461 g/mol. The van der Waals surface area contributed by atoms with Crippen molar-refractivity contribution < 1.29 is 39.6 Å². The molecular formula is C20H36N4O8. The lowest BCUT2D eigenvalue weighted by Gasteiger charge is -2.28. The first kappa shape index (κ1) is 27.8. The summed E-state index contributed by atoms with van der Waals surface area (Å²) < 4.78 is 0. The van der Waals surface area contributed by atoms with Crippen LogP contribution in [0, 0.1) is 0 Å². The van der Waals surface area contributed by atoms with Gasteiger partial charge in [0.2, 0.25) is 0 Å². The fourth-order valence-corrected chi connectivity index (χ4v) is 3.92. The second-order valence-electron chi connectivity index (χ2n) is 8.09. The van der Waals surface area contributed by atoms with Crippen LogP contribution in [0.1, 0.15) is 25.7 Å². The standard InChI is InChI=1S/C20H36N4O8/c25-17(26)13-21-5-1-6-22(14-18(27)28)8-3-10-24(16-20(31)32)12-4-11-23(9-2-7-21)15-19(29)30/h1-16H2,(H,25,26)(H,27,28)(H,29,30)(H,31,32). The predicted molar refractivity (Wildman–Crippen MR) is 115 cm³/mol. The van der Waals surface area contributed by atoms with Crippen molar-refractivity contribution in [1.82, 2.24) is 19.6 Å². The minimum Gasteiger partial charge on any atom is -0.480 e. The number of aliphatic carboxylic acids is 4. The van der Waals surface area contributed by atoms with Crippen molar-refractivity contribution in [3.05, 3.63) is 0 Å². The molecule has 0 aromatic rings. The SMILES string of the molecule is O=C(O)CN1CCCN(CC(=O)O)CCCN(CC(=O)O)CCCN(CC(=O)O)CCC1. The molecule has 1 saturated heterocycles. The van der Waals surface area contributed by atoms with Gasteiger partial charge in [0.15, 0.2) is 0 Å². The van der Waals surface area contributed by atoms with Gasteiger partial charge in [0, 0.05) is 0 Å². The molecule has 0 atom stereocenters. The second kappa shape index (κ2) is 15.5. The molecule has 1 aliphatic heterocycles. The molecule has 0 unspecified atom stereocenters. The van der Waals surface area contributed by atoms with Crippen LogP contribution >= 0.6 is 0 Å². The van der Waals surface area contributed by atoms with E-state index >= 15 is 0 Å². The Morgan fingerprint density at radius 3 is 0.688 bits per heavy atom. The summed E-state index contributed by atoms with van der Waals surface area (Å²) in [6.45, 7) is 3.45. The van der Waals surface area contributed by atoms with Crippen molar-refractivity contribution in [2.24, 2.45) is 0 Å². The summed E-state index contributed by atoms with van der Waals surface area (Å²) in [7, 11) is 0. The Morgan fingerprint density at radius 2 is 0.562 bits per heavy atom. The van der Waals surface area contributed by atoms with E-state index in [1.54, 1.807) is 19.6 Å². The first-order valence-electron chi connectivity index (χ1n) is 10.9. The molecule has 0 spiro atoms. The zero-order valence-electron chi connectivity index (χ0n) is 18.5. The van der Waals surface area contributed by atoms with Crippen molar-refractivity contribution in [2.75, 3.05) is 78.5 Å². The van der Waals surface area contributed by atoms with Crippen molar-refractivity contribution in [3.8, 4) is 0 Å². The third kappa shape index (κ3) is 13.9. The fraction of sp³-hybridized carbons (Fsp3) is 0.800. The third-order valence-electron chi connectivity index (χ3n) is 5.23. The molecule has 0 aliphatic carbocycles. The summed E-state index contributed by atoms with van der Waals surface area (Å²) in [5, 5.41) is 36.7.